The molecule has 8 heteroatoms. The number of primary amides is 1. The average molecular weight is 418 g/mol. The summed E-state index contributed by atoms with van der Waals surface area (Å²) in [6.07, 6.45) is 0. The van der Waals surface area contributed by atoms with Gasteiger partial charge < -0.3 is 21.1 Å². The van der Waals surface area contributed by atoms with Crippen molar-refractivity contribution in [3.05, 3.63) is 89.2 Å². The van der Waals surface area contributed by atoms with Crippen molar-refractivity contribution in [3.8, 4) is 11.8 Å². The van der Waals surface area contributed by atoms with Crippen molar-refractivity contribution in [1.82, 2.24) is 0 Å². The Kier molecular flexibility index (Phi) is 6.48. The summed E-state index contributed by atoms with van der Waals surface area (Å²) in [4.78, 5) is 24.5. The van der Waals surface area contributed by atoms with E-state index in [1.165, 1.54) is 25.3 Å². The average Bonchev–Trinajstić information content (AvgIpc) is 2.77. The molecule has 0 aliphatic rings. The summed E-state index contributed by atoms with van der Waals surface area (Å²) in [5, 5.41) is 14.6. The Balaban J connectivity index is 1.86. The van der Waals surface area contributed by atoms with Crippen LogP contribution in [-0.2, 0) is 4.79 Å². The number of hydrogen-bond acceptors (Lipinski definition) is 5. The van der Waals surface area contributed by atoms with Gasteiger partial charge in [0.15, 0.2) is 0 Å². The maximum atomic E-state index is 13.4. The van der Waals surface area contributed by atoms with Crippen LogP contribution in [0, 0.1) is 17.1 Å². The van der Waals surface area contributed by atoms with Crippen LogP contribution >= 0.6 is 0 Å². The number of carbonyl (C=O) groups is 2. The Morgan fingerprint density at radius 3 is 2.45 bits per heavy atom. The molecule has 0 radical (unpaired) electrons. The van der Waals surface area contributed by atoms with Gasteiger partial charge in [-0.2, -0.15) is 5.26 Å². The molecule has 3 rings (SSSR count). The summed E-state index contributed by atoms with van der Waals surface area (Å²) in [5.41, 5.74) is 7.55. The third kappa shape index (κ3) is 5.16. The molecule has 0 saturated carbocycles. The van der Waals surface area contributed by atoms with Gasteiger partial charge in [-0.1, -0.05) is 18.2 Å². The van der Waals surface area contributed by atoms with Gasteiger partial charge >= 0.3 is 0 Å². The summed E-state index contributed by atoms with van der Waals surface area (Å²) in [5.74, 6) is -1.29. The molecule has 0 aromatic heterocycles. The molecule has 31 heavy (non-hydrogen) atoms. The Hall–Kier alpha value is -4.38. The highest BCUT2D eigenvalue weighted by Crippen LogP contribution is 2.30. The minimum absolute atomic E-state index is 0.146. The molecular formula is C23H19FN4O3. The first kappa shape index (κ1) is 21.3. The smallest absolute Gasteiger partial charge is 0.255 e. The summed E-state index contributed by atoms with van der Waals surface area (Å²) < 4.78 is 18.7. The number of amides is 2. The summed E-state index contributed by atoms with van der Waals surface area (Å²) in [6.45, 7) is 0. The predicted octanol–water partition coefficient (Wildman–Crippen LogP) is 3.60. The van der Waals surface area contributed by atoms with Crippen LogP contribution < -0.4 is 21.1 Å². The van der Waals surface area contributed by atoms with Crippen molar-refractivity contribution < 1.29 is 18.7 Å². The lowest BCUT2D eigenvalue weighted by Crippen LogP contribution is -2.27. The van der Waals surface area contributed by atoms with Gasteiger partial charge in [-0.05, 0) is 54.1 Å². The second kappa shape index (κ2) is 9.41. The summed E-state index contributed by atoms with van der Waals surface area (Å²) in [6, 6.07) is 17.7. The van der Waals surface area contributed by atoms with Crippen LogP contribution in [0.25, 0.3) is 0 Å². The number of ether oxygens (including phenoxy) is 1. The van der Waals surface area contributed by atoms with Crippen molar-refractivity contribution in [1.29, 1.82) is 5.26 Å². The summed E-state index contributed by atoms with van der Waals surface area (Å²) in [7, 11) is 1.45. The van der Waals surface area contributed by atoms with E-state index in [2.05, 4.69) is 10.6 Å². The Labute approximate surface area is 178 Å². The number of nitriles is 1. The van der Waals surface area contributed by atoms with Crippen molar-refractivity contribution >= 4 is 23.2 Å². The Bertz CT molecular complexity index is 1160. The molecule has 0 saturated heterocycles. The number of nitrogens with one attached hydrogen (secondary N) is 2. The van der Waals surface area contributed by atoms with Crippen molar-refractivity contribution in [2.24, 2.45) is 5.73 Å². The topological polar surface area (TPSA) is 117 Å². The van der Waals surface area contributed by atoms with Crippen molar-refractivity contribution in [3.63, 3.8) is 0 Å². The first-order valence-corrected chi connectivity index (χ1v) is 9.22. The minimum atomic E-state index is -0.868. The molecular weight excluding hydrogens is 399 g/mol. The number of nitrogens with zero attached hydrogens (tertiary/aromatic N) is 1. The van der Waals surface area contributed by atoms with Gasteiger partial charge in [0.05, 0.1) is 24.4 Å². The fourth-order valence-corrected chi connectivity index (χ4v) is 2.96. The second-order valence-electron chi connectivity index (χ2n) is 6.59. The second-order valence-corrected chi connectivity index (χ2v) is 6.59. The quantitative estimate of drug-likeness (QED) is 0.542. The zero-order valence-corrected chi connectivity index (χ0v) is 16.6. The number of nitrogens with two attached hydrogens (primary N) is 1. The van der Waals surface area contributed by atoms with Gasteiger partial charge in [0.2, 0.25) is 5.91 Å². The van der Waals surface area contributed by atoms with E-state index in [1.807, 2.05) is 6.07 Å². The van der Waals surface area contributed by atoms with E-state index in [0.29, 0.717) is 28.3 Å². The van der Waals surface area contributed by atoms with Gasteiger partial charge in [0, 0.05) is 11.3 Å². The molecule has 0 spiro atoms. The number of benzene rings is 3. The maximum absolute atomic E-state index is 13.4. The van der Waals surface area contributed by atoms with Crippen LogP contribution in [0.2, 0.25) is 0 Å². The first-order chi connectivity index (χ1) is 14.9. The van der Waals surface area contributed by atoms with E-state index < -0.39 is 23.7 Å². The number of hydrogen-bond donors (Lipinski definition) is 3. The minimum Gasteiger partial charge on any atom is -0.495 e. The molecule has 0 aliphatic carbocycles. The fourth-order valence-electron chi connectivity index (χ4n) is 2.96. The van der Waals surface area contributed by atoms with Crippen LogP contribution in [0.15, 0.2) is 66.7 Å². The van der Waals surface area contributed by atoms with Crippen LogP contribution in [0.3, 0.4) is 0 Å². The molecule has 0 aliphatic heterocycles. The third-order valence-corrected chi connectivity index (χ3v) is 4.50. The highest BCUT2D eigenvalue weighted by molar-refractivity contribution is 6.05. The third-order valence-electron chi connectivity index (χ3n) is 4.50. The zero-order chi connectivity index (χ0) is 22.4. The molecule has 1 unspecified atom stereocenters. The molecule has 4 N–H and O–H groups in total. The zero-order valence-electron chi connectivity index (χ0n) is 16.6. The molecule has 1 atom stereocenters. The molecule has 0 heterocycles. The number of anilines is 2. The molecule has 156 valence electrons. The highest BCUT2D eigenvalue weighted by Gasteiger charge is 2.19. The molecule has 3 aromatic carbocycles. The molecule has 0 fully saturated rings. The van der Waals surface area contributed by atoms with E-state index >= 15 is 0 Å². The molecule has 2 amide bonds. The van der Waals surface area contributed by atoms with E-state index in [-0.39, 0.29) is 5.56 Å². The van der Waals surface area contributed by atoms with Gasteiger partial charge in [0.25, 0.3) is 5.91 Å². The van der Waals surface area contributed by atoms with Crippen LogP contribution in [0.5, 0.6) is 5.75 Å². The van der Waals surface area contributed by atoms with Crippen LogP contribution in [0.1, 0.15) is 27.5 Å². The van der Waals surface area contributed by atoms with Crippen molar-refractivity contribution in [2.45, 2.75) is 6.04 Å². The lowest BCUT2D eigenvalue weighted by atomic mass is 10.0. The summed E-state index contributed by atoms with van der Waals surface area (Å²) >= 11 is 0. The SMILES string of the molecule is COc1ccc(NC(C(N)=O)c2ccc(C#N)cc2)cc1NC(=O)c1cccc(F)c1. The van der Waals surface area contributed by atoms with Crippen LogP contribution in [0.4, 0.5) is 15.8 Å². The number of halogens is 1. The van der Waals surface area contributed by atoms with Gasteiger partial charge in [-0.3, -0.25) is 9.59 Å². The number of methoxy groups -OCH3 is 1. The van der Waals surface area contributed by atoms with E-state index in [4.69, 9.17) is 15.7 Å². The monoisotopic (exact) mass is 418 g/mol. The lowest BCUT2D eigenvalue weighted by molar-refractivity contribution is -0.118. The first-order valence-electron chi connectivity index (χ1n) is 9.22. The predicted molar refractivity (Wildman–Crippen MR) is 114 cm³/mol. The fraction of sp³-hybridized carbons (Fsp3) is 0.0870. The number of rotatable bonds is 7. The number of carbonyl (C=O) groups excluding carboxylic acids is 2. The highest BCUT2D eigenvalue weighted by atomic mass is 19.1. The Morgan fingerprint density at radius 1 is 1.10 bits per heavy atom. The maximum Gasteiger partial charge on any atom is 0.255 e. The standard InChI is InChI=1S/C23H19FN4O3/c1-31-20-10-9-18(12-19(20)28-23(30)16-3-2-4-17(24)11-16)27-21(22(26)29)15-7-5-14(13-25)6-8-15/h2-12,21,27H,1H3,(H2,26,29)(H,28,30). The van der Waals surface area contributed by atoms with E-state index in [0.717, 1.165) is 6.07 Å². The van der Waals surface area contributed by atoms with E-state index in [9.17, 15) is 14.0 Å². The normalized spacial score (nSPS) is 11.1. The van der Waals surface area contributed by atoms with E-state index in [1.54, 1.807) is 42.5 Å². The van der Waals surface area contributed by atoms with Gasteiger partial charge in [-0.15, -0.1) is 0 Å². The van der Waals surface area contributed by atoms with Gasteiger partial charge in [-0.25, -0.2) is 4.39 Å². The van der Waals surface area contributed by atoms with Gasteiger partial charge in [0.1, 0.15) is 17.6 Å². The van der Waals surface area contributed by atoms with Crippen LogP contribution in [-0.4, -0.2) is 18.9 Å². The largest absolute Gasteiger partial charge is 0.495 e. The Morgan fingerprint density at radius 2 is 1.84 bits per heavy atom. The molecule has 7 nitrogen and oxygen atoms in total. The molecule has 3 aromatic rings. The lowest BCUT2D eigenvalue weighted by Gasteiger charge is -2.19. The molecule has 0 bridgehead atoms. The van der Waals surface area contributed by atoms with Crippen molar-refractivity contribution in [2.75, 3.05) is 17.7 Å².